The van der Waals surface area contributed by atoms with Gasteiger partial charge in [0.25, 0.3) is 5.91 Å². The van der Waals surface area contributed by atoms with Crippen LogP contribution in [0.3, 0.4) is 0 Å². The molecule has 146 valence electrons. The number of rotatable bonds is 3. The summed E-state index contributed by atoms with van der Waals surface area (Å²) in [6.45, 7) is 10.2. The van der Waals surface area contributed by atoms with E-state index >= 15 is 0 Å². The van der Waals surface area contributed by atoms with Gasteiger partial charge in [-0.3, -0.25) is 4.79 Å². The molecule has 2 aromatic rings. The van der Waals surface area contributed by atoms with Crippen molar-refractivity contribution >= 4 is 39.0 Å². The van der Waals surface area contributed by atoms with Gasteiger partial charge in [-0.2, -0.15) is 5.01 Å². The Bertz CT molecular complexity index is 965. The number of carbonyl (C=O) groups excluding carboxylic acids is 1. The highest BCUT2D eigenvalue weighted by Crippen LogP contribution is 2.43. The van der Waals surface area contributed by atoms with Crippen LogP contribution in [0.15, 0.2) is 41.6 Å². The maximum atomic E-state index is 13.4. The number of para-hydroxylation sites is 2. The second kappa shape index (κ2) is 6.81. The highest BCUT2D eigenvalue weighted by molar-refractivity contribution is 9.10. The van der Waals surface area contributed by atoms with Crippen LogP contribution in [0.1, 0.15) is 36.1 Å². The average Bonchev–Trinajstić information content (AvgIpc) is 3.18. The minimum atomic E-state index is -0.331. The van der Waals surface area contributed by atoms with E-state index in [1.54, 1.807) is 15.3 Å². The first-order chi connectivity index (χ1) is 13.3. The maximum absolute atomic E-state index is 13.4. The molecule has 2 aliphatic heterocycles. The molecule has 0 radical (unpaired) electrons. The third-order valence-corrected chi connectivity index (χ3v) is 6.45. The van der Waals surface area contributed by atoms with E-state index in [2.05, 4.69) is 54.0 Å². The Labute approximate surface area is 173 Å². The van der Waals surface area contributed by atoms with E-state index in [9.17, 15) is 4.79 Å². The first-order valence-electron chi connectivity index (χ1n) is 9.31. The van der Waals surface area contributed by atoms with Crippen LogP contribution in [0, 0.1) is 26.7 Å². The molecule has 0 N–H and O–H groups in total. The summed E-state index contributed by atoms with van der Waals surface area (Å²) in [5.41, 5.74) is 5.88. The van der Waals surface area contributed by atoms with Gasteiger partial charge in [-0.1, -0.05) is 64.8 Å². The van der Waals surface area contributed by atoms with Gasteiger partial charge in [0.2, 0.25) is 5.84 Å². The van der Waals surface area contributed by atoms with Crippen molar-refractivity contribution in [2.45, 2.75) is 39.4 Å². The van der Waals surface area contributed by atoms with Gasteiger partial charge in [-0.05, 0) is 55.1 Å². The van der Waals surface area contributed by atoms with Crippen molar-refractivity contribution < 1.29 is 9.73 Å². The number of fused-ring (bicyclic) bond motifs is 3. The maximum Gasteiger partial charge on any atom is 0.261 e. The SMILES string of the molecule is Cc1cc(C)c(C2=NON3c4ccccc4N(C(=O)C(Br)C(C)C)N23)c(C)c1. The molecule has 2 heterocycles. The highest BCUT2D eigenvalue weighted by Gasteiger charge is 2.48. The number of benzene rings is 2. The van der Waals surface area contributed by atoms with Crippen molar-refractivity contribution in [1.82, 2.24) is 5.12 Å². The summed E-state index contributed by atoms with van der Waals surface area (Å²) >= 11 is 3.56. The first-order valence-corrected chi connectivity index (χ1v) is 10.2. The number of hydrogen-bond acceptors (Lipinski definition) is 5. The summed E-state index contributed by atoms with van der Waals surface area (Å²) in [6, 6.07) is 11.9. The molecule has 1 atom stereocenters. The van der Waals surface area contributed by atoms with Crippen LogP contribution in [0.4, 0.5) is 11.4 Å². The molecule has 0 fully saturated rings. The molecule has 28 heavy (non-hydrogen) atoms. The molecule has 7 heteroatoms. The van der Waals surface area contributed by atoms with Crippen molar-refractivity contribution in [3.8, 4) is 0 Å². The third kappa shape index (κ3) is 2.76. The molecule has 4 rings (SSSR count). The van der Waals surface area contributed by atoms with E-state index < -0.39 is 0 Å². The summed E-state index contributed by atoms with van der Waals surface area (Å²) in [6.07, 6.45) is 0. The number of hydrazine groups is 2. The summed E-state index contributed by atoms with van der Waals surface area (Å²) in [4.78, 5) is 18.7. The lowest BCUT2D eigenvalue weighted by molar-refractivity contribution is -0.121. The minimum Gasteiger partial charge on any atom is -0.271 e. The molecule has 2 aromatic carbocycles. The fraction of sp³-hybridized carbons (Fsp3) is 0.333. The normalized spacial score (nSPS) is 16.1. The number of amides is 1. The zero-order valence-corrected chi connectivity index (χ0v) is 18.2. The number of oxime groups is 1. The lowest BCUT2D eigenvalue weighted by Gasteiger charge is -2.31. The number of alkyl halides is 1. The van der Waals surface area contributed by atoms with Gasteiger partial charge < -0.3 is 0 Å². The van der Waals surface area contributed by atoms with Gasteiger partial charge >= 0.3 is 0 Å². The highest BCUT2D eigenvalue weighted by atomic mass is 79.9. The molecule has 0 aromatic heterocycles. The molecular formula is C21H23BrN4O2. The monoisotopic (exact) mass is 442 g/mol. The van der Waals surface area contributed by atoms with Crippen LogP contribution in [-0.2, 0) is 9.73 Å². The van der Waals surface area contributed by atoms with Crippen LogP contribution in [0.25, 0.3) is 0 Å². The van der Waals surface area contributed by atoms with Crippen LogP contribution in [0.5, 0.6) is 0 Å². The van der Waals surface area contributed by atoms with E-state index in [1.807, 2.05) is 38.1 Å². The Morgan fingerprint density at radius 1 is 1.07 bits per heavy atom. The topological polar surface area (TPSA) is 48.4 Å². The third-order valence-electron chi connectivity index (χ3n) is 5.00. The van der Waals surface area contributed by atoms with E-state index in [1.165, 1.54) is 5.56 Å². The van der Waals surface area contributed by atoms with Crippen LogP contribution >= 0.6 is 15.9 Å². The van der Waals surface area contributed by atoms with Crippen molar-refractivity contribution in [1.29, 1.82) is 0 Å². The van der Waals surface area contributed by atoms with Crippen LogP contribution in [0.2, 0.25) is 0 Å². The van der Waals surface area contributed by atoms with E-state index in [0.29, 0.717) is 5.84 Å². The zero-order chi connectivity index (χ0) is 20.2. The van der Waals surface area contributed by atoms with Crippen molar-refractivity contribution in [3.05, 3.63) is 58.7 Å². The van der Waals surface area contributed by atoms with Gasteiger partial charge in [0, 0.05) is 5.56 Å². The van der Waals surface area contributed by atoms with Crippen LogP contribution < -0.4 is 10.2 Å². The lowest BCUT2D eigenvalue weighted by Crippen LogP contribution is -2.54. The standard InChI is InChI=1S/C21H23BrN4O2/c1-12(2)19(22)21(27)24-16-8-6-7-9-17(16)26-25(24)20(23-28-26)18-14(4)10-13(3)11-15(18)5/h6-12,19H,1-5H3. The quantitative estimate of drug-likeness (QED) is 0.650. The van der Waals surface area contributed by atoms with E-state index in [-0.39, 0.29) is 16.7 Å². The number of carbonyl (C=O) groups is 1. The van der Waals surface area contributed by atoms with E-state index in [4.69, 9.17) is 4.94 Å². The molecular weight excluding hydrogens is 420 g/mol. The average molecular weight is 443 g/mol. The predicted octanol–water partition coefficient (Wildman–Crippen LogP) is 4.62. The fourth-order valence-electron chi connectivity index (χ4n) is 3.76. The molecule has 0 spiro atoms. The first kappa shape index (κ1) is 18.8. The summed E-state index contributed by atoms with van der Waals surface area (Å²) < 4.78 is 0. The Morgan fingerprint density at radius 3 is 2.29 bits per heavy atom. The van der Waals surface area contributed by atoms with Gasteiger partial charge in [0.15, 0.2) is 0 Å². The second-order valence-electron chi connectivity index (χ2n) is 7.62. The summed E-state index contributed by atoms with van der Waals surface area (Å²) in [5.74, 6) is 0.675. The summed E-state index contributed by atoms with van der Waals surface area (Å²) in [7, 11) is 0. The number of amidine groups is 1. The van der Waals surface area contributed by atoms with Crippen LogP contribution in [-0.4, -0.2) is 21.7 Å². The van der Waals surface area contributed by atoms with Gasteiger partial charge in [-0.15, -0.1) is 5.12 Å². The van der Waals surface area contributed by atoms with Crippen molar-refractivity contribution in [3.63, 3.8) is 0 Å². The predicted molar refractivity (Wildman–Crippen MR) is 114 cm³/mol. The second-order valence-corrected chi connectivity index (χ2v) is 8.60. The molecule has 1 amide bonds. The minimum absolute atomic E-state index is 0.0643. The molecule has 1 unspecified atom stereocenters. The Kier molecular flexibility index (Phi) is 4.57. The number of hydrogen-bond donors (Lipinski definition) is 0. The summed E-state index contributed by atoms with van der Waals surface area (Å²) in [5, 5.41) is 9.29. The number of aryl methyl sites for hydroxylation is 3. The Morgan fingerprint density at radius 2 is 1.68 bits per heavy atom. The number of halogens is 1. The Hall–Kier alpha value is -2.54. The zero-order valence-electron chi connectivity index (χ0n) is 16.6. The van der Waals surface area contributed by atoms with Crippen molar-refractivity contribution in [2.24, 2.45) is 11.1 Å². The Balaban J connectivity index is 1.84. The largest absolute Gasteiger partial charge is 0.271 e. The van der Waals surface area contributed by atoms with Crippen molar-refractivity contribution in [2.75, 3.05) is 10.2 Å². The fourth-order valence-corrected chi connectivity index (χ4v) is 3.95. The molecule has 0 aliphatic carbocycles. The number of nitrogens with zero attached hydrogens (tertiary/aromatic N) is 4. The molecule has 0 saturated carbocycles. The lowest BCUT2D eigenvalue weighted by atomic mass is 9.99. The smallest absolute Gasteiger partial charge is 0.261 e. The molecule has 6 nitrogen and oxygen atoms in total. The van der Waals surface area contributed by atoms with Gasteiger partial charge in [-0.25, -0.2) is 4.94 Å². The van der Waals surface area contributed by atoms with Gasteiger partial charge in [0.1, 0.15) is 5.69 Å². The van der Waals surface area contributed by atoms with E-state index in [0.717, 1.165) is 28.1 Å². The van der Waals surface area contributed by atoms with Gasteiger partial charge in [0.05, 0.1) is 10.5 Å². The number of anilines is 2. The molecule has 0 bridgehead atoms. The molecule has 0 saturated heterocycles. The molecule has 2 aliphatic rings.